The molecule has 0 unspecified atom stereocenters. The van der Waals surface area contributed by atoms with E-state index in [4.69, 9.17) is 0 Å². The molecule has 16 heteroatoms. The van der Waals surface area contributed by atoms with Crippen LogP contribution in [0.5, 0.6) is 0 Å². The van der Waals surface area contributed by atoms with E-state index >= 15 is 0 Å². The largest absolute Gasteiger partial charge is 1.00 e. The summed E-state index contributed by atoms with van der Waals surface area (Å²) < 4.78 is 2.84. The van der Waals surface area contributed by atoms with E-state index in [2.05, 4.69) is 97.9 Å². The van der Waals surface area contributed by atoms with Gasteiger partial charge < -0.3 is 60.9 Å². The van der Waals surface area contributed by atoms with Crippen molar-refractivity contribution in [2.24, 2.45) is 0 Å². The molecule has 0 aliphatic heterocycles. The molecule has 14 nitrogen and oxygen atoms in total. The number of hydrogen-bond acceptors (Lipinski definition) is 4. The summed E-state index contributed by atoms with van der Waals surface area (Å²) in [5.41, 5.74) is 15.6. The Kier molecular flexibility index (Phi) is 50.9. The van der Waals surface area contributed by atoms with Crippen LogP contribution in [0, 0.1) is 55.4 Å². The Balaban J connectivity index is 0.000000646. The average molecular weight is 1480 g/mol. The van der Waals surface area contributed by atoms with Crippen molar-refractivity contribution >= 4 is 69.6 Å². The number of urea groups is 4. The second kappa shape index (κ2) is 56.8. The molecule has 0 radical (unpaired) electrons. The van der Waals surface area contributed by atoms with Crippen LogP contribution in [0.15, 0.2) is 194 Å². The number of quaternary nitrogens is 2. The standard InChI is InChI=1S/2C16H36N.4C15H16N2O.2FH/c2*1-5-9-13-17(14-10-6-2,15-11-7-3)16-12-8-4;4*1-11-3-7-13(8-4-11)16-15(18)17-14-9-5-12(2)6-10-14;;/h2*5-16H2,1-4H3;4*3-10H,1-2H3,(H2,16,17,18);2*1H/q2*+1;;;;;;/p-2. The highest BCUT2D eigenvalue weighted by atomic mass is 19.0. The fourth-order valence-electron chi connectivity index (χ4n) is 11.6. The number of nitrogens with zero attached hydrogens (tertiary/aromatic N) is 2. The van der Waals surface area contributed by atoms with Crippen LogP contribution in [0.1, 0.15) is 203 Å². The molecule has 592 valence electrons. The Hall–Kier alpha value is -9.38. The third kappa shape index (κ3) is 43.4. The van der Waals surface area contributed by atoms with Crippen molar-refractivity contribution in [3.63, 3.8) is 0 Å². The SMILES string of the molecule is CCCC[N+](CCCC)(CCCC)CCCC.CCCC[N+](CCCC)(CCCC)CCCC.Cc1ccc(NC(=O)Nc2ccc(C)cc2)cc1.Cc1ccc(NC(=O)Nc2ccc(C)cc2)cc1.Cc1ccc(NC(=O)Nc2ccc(C)cc2)cc1.Cc1ccc(NC(=O)Nc2ccc(C)cc2)cc1.[F-].[F-]. The van der Waals surface area contributed by atoms with Crippen LogP contribution >= 0.6 is 0 Å². The molecule has 108 heavy (non-hydrogen) atoms. The van der Waals surface area contributed by atoms with Crippen molar-refractivity contribution in [1.29, 1.82) is 0 Å². The maximum absolute atomic E-state index is 11.7. The van der Waals surface area contributed by atoms with Crippen LogP contribution in [0.4, 0.5) is 64.7 Å². The number of hydrogen-bond donors (Lipinski definition) is 8. The minimum absolute atomic E-state index is 0. The highest BCUT2D eigenvalue weighted by Gasteiger charge is 2.26. The highest BCUT2D eigenvalue weighted by Crippen LogP contribution is 2.21. The monoisotopic (exact) mass is 1480 g/mol. The van der Waals surface area contributed by atoms with Gasteiger partial charge in [0, 0.05) is 45.5 Å². The molecule has 8 aromatic rings. The summed E-state index contributed by atoms with van der Waals surface area (Å²) in [5.74, 6) is 0. The minimum atomic E-state index is -0.234. The number of carbonyl (C=O) groups excluding carboxylic acids is 4. The molecular weight excluding hydrogens is 1350 g/mol. The number of nitrogens with one attached hydrogen (secondary N) is 8. The van der Waals surface area contributed by atoms with Gasteiger partial charge in [0.05, 0.1) is 52.4 Å². The summed E-state index contributed by atoms with van der Waals surface area (Å²) in [4.78, 5) is 46.9. The molecule has 0 bridgehead atoms. The first kappa shape index (κ1) is 96.6. The summed E-state index contributed by atoms with van der Waals surface area (Å²) in [6, 6.07) is 60.5. The molecule has 8 rings (SSSR count). The smallest absolute Gasteiger partial charge is 0.323 e. The second-order valence-corrected chi connectivity index (χ2v) is 28.5. The van der Waals surface area contributed by atoms with Gasteiger partial charge in [0.2, 0.25) is 0 Å². The van der Waals surface area contributed by atoms with E-state index in [9.17, 15) is 19.2 Å². The Morgan fingerprint density at radius 2 is 0.287 bits per heavy atom. The molecule has 0 fully saturated rings. The minimum Gasteiger partial charge on any atom is -1.00 e. The molecule has 0 saturated carbocycles. The number of amides is 8. The topological polar surface area (TPSA) is 165 Å². The predicted octanol–water partition coefficient (Wildman–Crippen LogP) is 19.8. The van der Waals surface area contributed by atoms with Gasteiger partial charge >= 0.3 is 24.1 Å². The van der Waals surface area contributed by atoms with Crippen LogP contribution in [-0.2, 0) is 0 Å². The van der Waals surface area contributed by atoms with Crippen molar-refractivity contribution in [2.45, 2.75) is 214 Å². The van der Waals surface area contributed by atoms with Gasteiger partial charge in [-0.2, -0.15) is 0 Å². The van der Waals surface area contributed by atoms with Crippen molar-refractivity contribution in [2.75, 3.05) is 94.9 Å². The van der Waals surface area contributed by atoms with Crippen molar-refractivity contribution in [1.82, 2.24) is 0 Å². The van der Waals surface area contributed by atoms with Crippen molar-refractivity contribution in [3.05, 3.63) is 239 Å². The van der Waals surface area contributed by atoms with Crippen LogP contribution in [0.25, 0.3) is 0 Å². The third-order valence-corrected chi connectivity index (χ3v) is 18.4. The van der Waals surface area contributed by atoms with E-state index in [0.717, 1.165) is 45.5 Å². The maximum atomic E-state index is 11.7. The zero-order valence-electron chi connectivity index (χ0n) is 68.7. The molecular formula is C92H136F2N10O4. The van der Waals surface area contributed by atoms with Crippen molar-refractivity contribution in [3.8, 4) is 0 Å². The van der Waals surface area contributed by atoms with Gasteiger partial charge in [-0.25, -0.2) is 19.2 Å². The average Bonchev–Trinajstić information content (AvgIpc) is 0.868. The molecule has 8 amide bonds. The molecule has 0 atom stereocenters. The normalized spacial score (nSPS) is 10.4. The molecule has 0 heterocycles. The van der Waals surface area contributed by atoms with Gasteiger partial charge in [-0.3, -0.25) is 0 Å². The lowest BCUT2D eigenvalue weighted by Crippen LogP contribution is -3.00. The molecule has 8 N–H and O–H groups in total. The molecule has 0 saturated heterocycles. The van der Waals surface area contributed by atoms with Crippen LogP contribution < -0.4 is 51.9 Å². The first-order valence-electron chi connectivity index (χ1n) is 39.6. The van der Waals surface area contributed by atoms with E-state index in [-0.39, 0.29) is 33.5 Å². The number of benzene rings is 8. The fourth-order valence-corrected chi connectivity index (χ4v) is 11.6. The first-order valence-corrected chi connectivity index (χ1v) is 39.6. The van der Waals surface area contributed by atoms with Gasteiger partial charge in [0.15, 0.2) is 0 Å². The number of halogens is 2. The number of aryl methyl sites for hydroxylation is 8. The second-order valence-electron chi connectivity index (χ2n) is 28.5. The molecule has 8 aromatic carbocycles. The maximum Gasteiger partial charge on any atom is 0.323 e. The fraction of sp³-hybridized carbons (Fsp3) is 0.435. The van der Waals surface area contributed by atoms with Crippen LogP contribution in [0.2, 0.25) is 0 Å². The summed E-state index contributed by atoms with van der Waals surface area (Å²) >= 11 is 0. The summed E-state index contributed by atoms with van der Waals surface area (Å²) in [6.07, 6.45) is 22.1. The zero-order chi connectivity index (χ0) is 77.8. The van der Waals surface area contributed by atoms with Gasteiger partial charge in [-0.15, -0.1) is 0 Å². The van der Waals surface area contributed by atoms with Crippen LogP contribution in [-0.4, -0.2) is 85.4 Å². The zero-order valence-corrected chi connectivity index (χ0v) is 68.7. The van der Waals surface area contributed by atoms with Gasteiger partial charge in [0.1, 0.15) is 0 Å². The van der Waals surface area contributed by atoms with Gasteiger partial charge in [-0.05, 0) is 204 Å². The van der Waals surface area contributed by atoms with E-state index in [1.807, 2.05) is 250 Å². The Labute approximate surface area is 650 Å². The predicted molar refractivity (Wildman–Crippen MR) is 459 cm³/mol. The van der Waals surface area contributed by atoms with E-state index in [1.165, 1.54) is 209 Å². The summed E-state index contributed by atoms with van der Waals surface area (Å²) in [7, 11) is 0. The summed E-state index contributed by atoms with van der Waals surface area (Å²) in [5, 5.41) is 22.3. The lowest BCUT2D eigenvalue weighted by Gasteiger charge is -2.39. The molecule has 0 aromatic heterocycles. The van der Waals surface area contributed by atoms with Gasteiger partial charge in [0.25, 0.3) is 0 Å². The van der Waals surface area contributed by atoms with E-state index in [1.54, 1.807) is 0 Å². The number of rotatable bonds is 32. The lowest BCUT2D eigenvalue weighted by atomic mass is 10.1. The van der Waals surface area contributed by atoms with Crippen LogP contribution in [0.3, 0.4) is 0 Å². The number of unbranched alkanes of at least 4 members (excludes halogenated alkanes) is 8. The lowest BCUT2D eigenvalue weighted by molar-refractivity contribution is -0.929. The van der Waals surface area contributed by atoms with Gasteiger partial charge in [-0.1, -0.05) is 248 Å². The number of anilines is 8. The van der Waals surface area contributed by atoms with E-state index < -0.39 is 0 Å². The molecule has 0 spiro atoms. The Morgan fingerprint density at radius 3 is 0.370 bits per heavy atom. The Morgan fingerprint density at radius 1 is 0.194 bits per heavy atom. The quantitative estimate of drug-likeness (QED) is 0.0197. The molecule has 0 aliphatic rings. The molecule has 0 aliphatic carbocycles. The Bertz CT molecular complexity index is 2910. The highest BCUT2D eigenvalue weighted by molar-refractivity contribution is 6.01. The van der Waals surface area contributed by atoms with E-state index in [0.29, 0.717) is 0 Å². The third-order valence-electron chi connectivity index (χ3n) is 18.4. The number of carbonyl (C=O) groups is 4. The van der Waals surface area contributed by atoms with Crippen molar-refractivity contribution < 1.29 is 37.6 Å². The first-order chi connectivity index (χ1) is 51.0. The summed E-state index contributed by atoms with van der Waals surface area (Å²) in [6.45, 7) is 46.1.